The van der Waals surface area contributed by atoms with E-state index in [0.717, 1.165) is 22.9 Å². The van der Waals surface area contributed by atoms with Crippen molar-refractivity contribution in [3.63, 3.8) is 0 Å². The van der Waals surface area contributed by atoms with Gasteiger partial charge in [0.1, 0.15) is 0 Å². The lowest BCUT2D eigenvalue weighted by Crippen LogP contribution is -2.02. The summed E-state index contributed by atoms with van der Waals surface area (Å²) in [5.41, 5.74) is 3.29. The fourth-order valence-electron chi connectivity index (χ4n) is 2.46. The summed E-state index contributed by atoms with van der Waals surface area (Å²) in [6.07, 6.45) is 3.64. The lowest BCUT2D eigenvalue weighted by Gasteiger charge is -2.06. The molecule has 2 aromatic rings. The van der Waals surface area contributed by atoms with Crippen LogP contribution in [0.4, 0.5) is 0 Å². The van der Waals surface area contributed by atoms with Crippen LogP contribution in [0.15, 0.2) is 18.3 Å². The summed E-state index contributed by atoms with van der Waals surface area (Å²) in [7, 11) is 0. The number of hydrogen-bond donors (Lipinski definition) is 2. The van der Waals surface area contributed by atoms with Gasteiger partial charge in [-0.15, -0.1) is 0 Å². The largest absolute Gasteiger partial charge is 0.478 e. The van der Waals surface area contributed by atoms with Crippen molar-refractivity contribution in [2.24, 2.45) is 0 Å². The van der Waals surface area contributed by atoms with Crippen LogP contribution in [0.2, 0.25) is 0 Å². The standard InChI is InChI=1S/C15H19NO3/c1-3-11-9-16(5-4-6-17)14-8-12(15(18)19)10(2)7-13(11)14/h7-9,17H,3-6H2,1-2H3,(H,18,19). The zero-order valence-corrected chi connectivity index (χ0v) is 11.3. The SMILES string of the molecule is CCc1cn(CCCO)c2cc(C(=O)O)c(C)cc12. The number of hydrogen-bond acceptors (Lipinski definition) is 2. The summed E-state index contributed by atoms with van der Waals surface area (Å²) in [6, 6.07) is 3.69. The molecule has 19 heavy (non-hydrogen) atoms. The molecule has 0 amide bonds. The maximum Gasteiger partial charge on any atom is 0.336 e. The molecular formula is C15H19NO3. The highest BCUT2D eigenvalue weighted by Crippen LogP contribution is 2.26. The van der Waals surface area contributed by atoms with Crippen molar-refractivity contribution in [3.05, 3.63) is 35.0 Å². The number of nitrogens with zero attached hydrogens (tertiary/aromatic N) is 1. The van der Waals surface area contributed by atoms with Gasteiger partial charge in [-0.3, -0.25) is 0 Å². The molecule has 0 spiro atoms. The first-order valence-corrected chi connectivity index (χ1v) is 6.55. The molecule has 0 radical (unpaired) electrons. The average Bonchev–Trinajstić information content (AvgIpc) is 2.72. The number of rotatable bonds is 5. The smallest absolute Gasteiger partial charge is 0.336 e. The highest BCUT2D eigenvalue weighted by molar-refractivity contribution is 5.96. The van der Waals surface area contributed by atoms with Gasteiger partial charge in [-0.2, -0.15) is 0 Å². The van der Waals surface area contributed by atoms with Crippen molar-refractivity contribution >= 4 is 16.9 Å². The number of fused-ring (bicyclic) bond motifs is 1. The van der Waals surface area contributed by atoms with Crippen LogP contribution >= 0.6 is 0 Å². The van der Waals surface area contributed by atoms with Crippen molar-refractivity contribution in [1.82, 2.24) is 4.57 Å². The van der Waals surface area contributed by atoms with Gasteiger partial charge >= 0.3 is 5.97 Å². The molecule has 0 bridgehead atoms. The summed E-state index contributed by atoms with van der Waals surface area (Å²) >= 11 is 0. The van der Waals surface area contributed by atoms with Gasteiger partial charge in [-0.25, -0.2) is 4.79 Å². The first kappa shape index (κ1) is 13.6. The lowest BCUT2D eigenvalue weighted by molar-refractivity contribution is 0.0696. The average molecular weight is 261 g/mol. The normalized spacial score (nSPS) is 11.1. The van der Waals surface area contributed by atoms with E-state index in [-0.39, 0.29) is 6.61 Å². The molecule has 0 fully saturated rings. The first-order chi connectivity index (χ1) is 9.08. The minimum atomic E-state index is -0.896. The van der Waals surface area contributed by atoms with Gasteiger partial charge in [-0.05, 0) is 43.0 Å². The molecule has 1 aromatic carbocycles. The highest BCUT2D eigenvalue weighted by Gasteiger charge is 2.13. The Morgan fingerprint density at radius 2 is 2.11 bits per heavy atom. The van der Waals surface area contributed by atoms with Crippen molar-refractivity contribution in [3.8, 4) is 0 Å². The molecule has 4 nitrogen and oxygen atoms in total. The predicted octanol–water partition coefficient (Wildman–Crippen LogP) is 2.59. The van der Waals surface area contributed by atoms with E-state index in [4.69, 9.17) is 5.11 Å². The van der Waals surface area contributed by atoms with Crippen molar-refractivity contribution in [2.45, 2.75) is 33.2 Å². The minimum absolute atomic E-state index is 0.138. The van der Waals surface area contributed by atoms with Gasteiger partial charge < -0.3 is 14.8 Å². The van der Waals surface area contributed by atoms with Crippen LogP contribution in [0.5, 0.6) is 0 Å². The van der Waals surface area contributed by atoms with Gasteiger partial charge in [0.2, 0.25) is 0 Å². The van der Waals surface area contributed by atoms with E-state index in [2.05, 4.69) is 13.1 Å². The molecule has 2 rings (SSSR count). The molecule has 0 aliphatic carbocycles. The number of aliphatic hydroxyl groups excluding tert-OH is 1. The Balaban J connectivity index is 2.63. The van der Waals surface area contributed by atoms with E-state index in [0.29, 0.717) is 18.5 Å². The predicted molar refractivity (Wildman–Crippen MR) is 74.7 cm³/mol. The molecule has 0 saturated carbocycles. The second-order valence-electron chi connectivity index (χ2n) is 4.77. The van der Waals surface area contributed by atoms with Crippen LogP contribution in [0, 0.1) is 6.92 Å². The minimum Gasteiger partial charge on any atom is -0.478 e. The Bertz CT molecular complexity index is 613. The summed E-state index contributed by atoms with van der Waals surface area (Å²) in [5, 5.41) is 19.3. The van der Waals surface area contributed by atoms with E-state index >= 15 is 0 Å². The number of aryl methyl sites for hydroxylation is 3. The fraction of sp³-hybridized carbons (Fsp3) is 0.400. The van der Waals surface area contributed by atoms with Crippen LogP contribution in [0.25, 0.3) is 10.9 Å². The van der Waals surface area contributed by atoms with Crippen LogP contribution in [-0.4, -0.2) is 27.4 Å². The van der Waals surface area contributed by atoms with Crippen molar-refractivity contribution in [2.75, 3.05) is 6.61 Å². The molecule has 1 aromatic heterocycles. The first-order valence-electron chi connectivity index (χ1n) is 6.55. The number of carboxylic acid groups (broad SMARTS) is 1. The number of aromatic carboxylic acids is 1. The van der Waals surface area contributed by atoms with Crippen LogP contribution in [0.1, 0.15) is 34.8 Å². The molecule has 2 N–H and O–H groups in total. The Morgan fingerprint density at radius 1 is 1.37 bits per heavy atom. The highest BCUT2D eigenvalue weighted by atomic mass is 16.4. The Kier molecular flexibility index (Phi) is 3.90. The summed E-state index contributed by atoms with van der Waals surface area (Å²) in [4.78, 5) is 11.2. The second-order valence-corrected chi connectivity index (χ2v) is 4.77. The lowest BCUT2D eigenvalue weighted by atomic mass is 10.0. The van der Waals surface area contributed by atoms with Gasteiger partial charge in [0.15, 0.2) is 0 Å². The summed E-state index contributed by atoms with van der Waals surface area (Å²) in [5.74, 6) is -0.896. The summed E-state index contributed by atoms with van der Waals surface area (Å²) in [6.45, 7) is 4.76. The number of carbonyl (C=O) groups is 1. The van der Waals surface area contributed by atoms with Gasteiger partial charge in [0.25, 0.3) is 0 Å². The van der Waals surface area contributed by atoms with E-state index in [9.17, 15) is 9.90 Å². The van der Waals surface area contributed by atoms with Crippen LogP contribution in [0.3, 0.4) is 0 Å². The fourth-order valence-corrected chi connectivity index (χ4v) is 2.46. The van der Waals surface area contributed by atoms with Crippen molar-refractivity contribution < 1.29 is 15.0 Å². The maximum atomic E-state index is 11.2. The molecule has 4 heteroatoms. The molecule has 0 atom stereocenters. The zero-order valence-electron chi connectivity index (χ0n) is 11.3. The van der Waals surface area contributed by atoms with Crippen molar-refractivity contribution in [1.29, 1.82) is 0 Å². The molecule has 0 saturated heterocycles. The number of aliphatic hydroxyl groups is 1. The molecule has 1 heterocycles. The number of benzene rings is 1. The third-order valence-electron chi connectivity index (χ3n) is 3.48. The van der Waals surface area contributed by atoms with E-state index in [1.165, 1.54) is 5.56 Å². The summed E-state index contributed by atoms with van der Waals surface area (Å²) < 4.78 is 2.04. The Labute approximate surface area is 112 Å². The van der Waals surface area contributed by atoms with E-state index in [1.54, 1.807) is 6.07 Å². The molecule has 0 unspecified atom stereocenters. The Morgan fingerprint density at radius 3 is 2.68 bits per heavy atom. The van der Waals surface area contributed by atoms with Gasteiger partial charge in [0.05, 0.1) is 5.56 Å². The zero-order chi connectivity index (χ0) is 14.0. The van der Waals surface area contributed by atoms with Crippen LogP contribution < -0.4 is 0 Å². The topological polar surface area (TPSA) is 62.5 Å². The third-order valence-corrected chi connectivity index (χ3v) is 3.48. The molecule has 0 aliphatic heterocycles. The third kappa shape index (κ3) is 2.49. The Hall–Kier alpha value is -1.81. The second kappa shape index (κ2) is 5.45. The van der Waals surface area contributed by atoms with Gasteiger partial charge in [-0.1, -0.05) is 6.92 Å². The maximum absolute atomic E-state index is 11.2. The molecular weight excluding hydrogens is 242 g/mol. The molecule has 102 valence electrons. The van der Waals surface area contributed by atoms with Crippen LogP contribution in [-0.2, 0) is 13.0 Å². The number of aromatic nitrogens is 1. The van der Waals surface area contributed by atoms with Gasteiger partial charge in [0, 0.05) is 30.3 Å². The molecule has 0 aliphatic rings. The number of carboxylic acids is 1. The monoisotopic (exact) mass is 261 g/mol. The quantitative estimate of drug-likeness (QED) is 0.869. The van der Waals surface area contributed by atoms with E-state index in [1.807, 2.05) is 17.6 Å². The van der Waals surface area contributed by atoms with E-state index < -0.39 is 5.97 Å².